The number of alkyl halides is 1. The summed E-state index contributed by atoms with van der Waals surface area (Å²) in [5.41, 5.74) is -0.0297. The number of amides is 1. The molecule has 5 heteroatoms. The van der Waals surface area contributed by atoms with Crippen molar-refractivity contribution in [3.05, 3.63) is 34.1 Å². The average Bonchev–Trinajstić information content (AvgIpc) is 2.42. The maximum Gasteiger partial charge on any atom is 0.253 e. The van der Waals surface area contributed by atoms with E-state index in [0.717, 1.165) is 25.7 Å². The molecule has 1 fully saturated rings. The fourth-order valence-electron chi connectivity index (χ4n) is 2.51. The van der Waals surface area contributed by atoms with Crippen LogP contribution in [-0.2, 0) is 0 Å². The van der Waals surface area contributed by atoms with Gasteiger partial charge in [-0.1, -0.05) is 25.3 Å². The van der Waals surface area contributed by atoms with Crippen molar-refractivity contribution in [3.63, 3.8) is 0 Å². The molecule has 104 valence electrons. The van der Waals surface area contributed by atoms with Gasteiger partial charge in [0.15, 0.2) is 0 Å². The summed E-state index contributed by atoms with van der Waals surface area (Å²) in [6.45, 7) is 0. The lowest BCUT2D eigenvalue weighted by molar-refractivity contribution is 0.0883. The Morgan fingerprint density at radius 3 is 2.68 bits per heavy atom. The second kappa shape index (κ2) is 6.23. The van der Waals surface area contributed by atoms with Crippen LogP contribution in [0.1, 0.15) is 42.5 Å². The number of rotatable bonds is 3. The van der Waals surface area contributed by atoms with E-state index in [-0.39, 0.29) is 15.9 Å². The molecule has 1 aromatic carbocycles. The quantitative estimate of drug-likeness (QED) is 0.813. The molecule has 2 rings (SSSR count). The van der Waals surface area contributed by atoms with Crippen LogP contribution in [0.5, 0.6) is 0 Å². The molecule has 19 heavy (non-hydrogen) atoms. The van der Waals surface area contributed by atoms with Gasteiger partial charge in [-0.2, -0.15) is 0 Å². The Morgan fingerprint density at radius 1 is 1.37 bits per heavy atom. The average molecular weight is 349 g/mol. The van der Waals surface area contributed by atoms with Crippen LogP contribution >= 0.6 is 27.5 Å². The molecule has 0 saturated heterocycles. The number of benzene rings is 1. The van der Waals surface area contributed by atoms with E-state index >= 15 is 0 Å². The predicted molar refractivity (Wildman–Crippen MR) is 78.1 cm³/mol. The zero-order valence-electron chi connectivity index (χ0n) is 10.5. The molecule has 1 amide bonds. The van der Waals surface area contributed by atoms with Crippen LogP contribution in [0.3, 0.4) is 0 Å². The van der Waals surface area contributed by atoms with Crippen molar-refractivity contribution in [1.82, 2.24) is 5.32 Å². The van der Waals surface area contributed by atoms with Crippen molar-refractivity contribution < 1.29 is 9.18 Å². The van der Waals surface area contributed by atoms with E-state index in [4.69, 9.17) is 11.6 Å². The highest BCUT2D eigenvalue weighted by Crippen LogP contribution is 2.30. The topological polar surface area (TPSA) is 29.1 Å². The van der Waals surface area contributed by atoms with E-state index in [1.54, 1.807) is 6.07 Å². The van der Waals surface area contributed by atoms with E-state index in [9.17, 15) is 9.18 Å². The fourth-order valence-corrected chi connectivity index (χ4v) is 3.29. The SMILES string of the molecule is O=C(NC1(CCl)CCCCC1)c1cccc(F)c1Br. The van der Waals surface area contributed by atoms with Crippen LogP contribution in [-0.4, -0.2) is 17.3 Å². The molecule has 0 spiro atoms. The summed E-state index contributed by atoms with van der Waals surface area (Å²) in [7, 11) is 0. The van der Waals surface area contributed by atoms with Gasteiger partial charge in [0.2, 0.25) is 0 Å². The molecule has 1 aromatic rings. The van der Waals surface area contributed by atoms with Crippen molar-refractivity contribution in [1.29, 1.82) is 0 Å². The van der Waals surface area contributed by atoms with Gasteiger partial charge in [-0.3, -0.25) is 4.79 Å². The summed E-state index contributed by atoms with van der Waals surface area (Å²) in [6, 6.07) is 4.45. The van der Waals surface area contributed by atoms with Crippen LogP contribution in [0.25, 0.3) is 0 Å². The lowest BCUT2D eigenvalue weighted by Gasteiger charge is -2.36. The van der Waals surface area contributed by atoms with Crippen LogP contribution in [0.15, 0.2) is 22.7 Å². The highest BCUT2D eigenvalue weighted by Gasteiger charge is 2.33. The molecule has 0 aromatic heterocycles. The zero-order chi connectivity index (χ0) is 13.9. The first-order valence-electron chi connectivity index (χ1n) is 6.40. The van der Waals surface area contributed by atoms with Gasteiger partial charge in [-0.15, -0.1) is 11.6 Å². The van der Waals surface area contributed by atoms with E-state index in [1.807, 2.05) is 0 Å². The minimum Gasteiger partial charge on any atom is -0.345 e. The molecule has 1 N–H and O–H groups in total. The van der Waals surface area contributed by atoms with Crippen molar-refractivity contribution in [2.24, 2.45) is 0 Å². The van der Waals surface area contributed by atoms with Crippen LogP contribution < -0.4 is 5.32 Å². The third kappa shape index (κ3) is 3.29. The summed E-state index contributed by atoms with van der Waals surface area (Å²) in [5.74, 6) is -0.309. The molecular formula is C14H16BrClFNO. The lowest BCUT2D eigenvalue weighted by Crippen LogP contribution is -2.51. The van der Waals surface area contributed by atoms with Gasteiger partial charge in [-0.05, 0) is 40.9 Å². The first-order chi connectivity index (χ1) is 9.08. The van der Waals surface area contributed by atoms with E-state index < -0.39 is 5.82 Å². The van der Waals surface area contributed by atoms with Crippen LogP contribution in [0, 0.1) is 5.82 Å². The number of nitrogens with one attached hydrogen (secondary N) is 1. The molecule has 2 nitrogen and oxygen atoms in total. The highest BCUT2D eigenvalue weighted by molar-refractivity contribution is 9.10. The first kappa shape index (κ1) is 14.8. The normalized spacial score (nSPS) is 18.1. The minimum atomic E-state index is -0.434. The zero-order valence-corrected chi connectivity index (χ0v) is 12.9. The molecule has 0 radical (unpaired) electrons. The maximum absolute atomic E-state index is 13.4. The monoisotopic (exact) mass is 347 g/mol. The molecular weight excluding hydrogens is 333 g/mol. The van der Waals surface area contributed by atoms with Gasteiger partial charge in [0.05, 0.1) is 15.6 Å². The third-order valence-electron chi connectivity index (χ3n) is 3.64. The van der Waals surface area contributed by atoms with Gasteiger partial charge >= 0.3 is 0 Å². The molecule has 0 unspecified atom stereocenters. The predicted octanol–water partition coefficient (Wildman–Crippen LogP) is 4.26. The van der Waals surface area contributed by atoms with Crippen LogP contribution in [0.4, 0.5) is 4.39 Å². The largest absolute Gasteiger partial charge is 0.345 e. The van der Waals surface area contributed by atoms with Crippen molar-refractivity contribution >= 4 is 33.4 Å². The summed E-state index contributed by atoms with van der Waals surface area (Å²) < 4.78 is 13.6. The molecule has 1 saturated carbocycles. The molecule has 0 atom stereocenters. The lowest BCUT2D eigenvalue weighted by atomic mass is 9.83. The summed E-state index contributed by atoms with van der Waals surface area (Å²) in [6.07, 6.45) is 5.08. The van der Waals surface area contributed by atoms with Crippen molar-refractivity contribution in [2.45, 2.75) is 37.6 Å². The number of hydrogen-bond acceptors (Lipinski definition) is 1. The minimum absolute atomic E-state index is 0.202. The molecule has 1 aliphatic carbocycles. The number of hydrogen-bond donors (Lipinski definition) is 1. The van der Waals surface area contributed by atoms with Gasteiger partial charge in [0.25, 0.3) is 5.91 Å². The standard InChI is InChI=1S/C14H16BrClFNO/c15-12-10(5-4-6-11(12)17)13(19)18-14(9-16)7-2-1-3-8-14/h4-6H,1-3,7-9H2,(H,18,19). The second-order valence-corrected chi connectivity index (χ2v) is 6.09. The van der Waals surface area contributed by atoms with Crippen molar-refractivity contribution in [3.8, 4) is 0 Å². The van der Waals surface area contributed by atoms with Gasteiger partial charge in [0, 0.05) is 5.88 Å². The Labute approximate surface area is 125 Å². The highest BCUT2D eigenvalue weighted by atomic mass is 79.9. The second-order valence-electron chi connectivity index (χ2n) is 5.03. The van der Waals surface area contributed by atoms with Gasteiger partial charge < -0.3 is 5.32 Å². The fraction of sp³-hybridized carbons (Fsp3) is 0.500. The molecule has 0 heterocycles. The summed E-state index contributed by atoms with van der Waals surface area (Å²) in [4.78, 5) is 12.3. The Kier molecular flexibility index (Phi) is 4.85. The van der Waals surface area contributed by atoms with Gasteiger partial charge in [-0.25, -0.2) is 4.39 Å². The number of carbonyl (C=O) groups is 1. The number of carbonyl (C=O) groups excluding carboxylic acids is 1. The molecule has 1 aliphatic rings. The summed E-state index contributed by atoms with van der Waals surface area (Å²) >= 11 is 9.16. The van der Waals surface area contributed by atoms with Gasteiger partial charge in [0.1, 0.15) is 5.82 Å². The van der Waals surface area contributed by atoms with Crippen molar-refractivity contribution in [2.75, 3.05) is 5.88 Å². The Hall–Kier alpha value is -0.610. The first-order valence-corrected chi connectivity index (χ1v) is 7.73. The third-order valence-corrected chi connectivity index (χ3v) is 4.96. The smallest absolute Gasteiger partial charge is 0.253 e. The number of halogens is 3. The Bertz CT molecular complexity index is 475. The molecule has 0 bridgehead atoms. The summed E-state index contributed by atoms with van der Waals surface area (Å²) in [5, 5.41) is 3.00. The Morgan fingerprint density at radius 2 is 2.05 bits per heavy atom. The maximum atomic E-state index is 13.4. The van der Waals surface area contributed by atoms with E-state index in [1.165, 1.54) is 18.6 Å². The van der Waals surface area contributed by atoms with Crippen LogP contribution in [0.2, 0.25) is 0 Å². The Balaban J connectivity index is 2.17. The van der Waals surface area contributed by atoms with E-state index in [2.05, 4.69) is 21.2 Å². The molecule has 0 aliphatic heterocycles. The van der Waals surface area contributed by atoms with E-state index in [0.29, 0.717) is 11.4 Å².